The van der Waals surface area contributed by atoms with Crippen LogP contribution in [0.4, 0.5) is 5.69 Å². The van der Waals surface area contributed by atoms with Crippen LogP contribution in [-0.2, 0) is 13.0 Å². The first-order valence-corrected chi connectivity index (χ1v) is 9.16. The van der Waals surface area contributed by atoms with E-state index in [2.05, 4.69) is 15.6 Å². The molecule has 0 spiro atoms. The largest absolute Gasteiger partial charge is 0.347 e. The zero-order valence-electron chi connectivity index (χ0n) is 15.8. The lowest BCUT2D eigenvalue weighted by Gasteiger charge is -2.17. The number of carbonyl (C=O) groups excluding carboxylic acids is 2. The van der Waals surface area contributed by atoms with Crippen LogP contribution >= 0.6 is 0 Å². The van der Waals surface area contributed by atoms with Crippen LogP contribution in [-0.4, -0.2) is 27.4 Å². The SMILES string of the molecule is Cc1cccc(NC(=O)c2nc(C(=O)NC(C)C)n3c2CCCC3)c1C. The quantitative estimate of drug-likeness (QED) is 0.885. The first-order valence-electron chi connectivity index (χ1n) is 9.16. The number of imidazole rings is 1. The minimum absolute atomic E-state index is 0.0197. The van der Waals surface area contributed by atoms with Crippen LogP contribution in [0.1, 0.15) is 64.6 Å². The van der Waals surface area contributed by atoms with Crippen molar-refractivity contribution in [1.82, 2.24) is 14.9 Å². The summed E-state index contributed by atoms with van der Waals surface area (Å²) >= 11 is 0. The molecule has 138 valence electrons. The van der Waals surface area contributed by atoms with Crippen molar-refractivity contribution in [1.29, 1.82) is 0 Å². The first kappa shape index (κ1) is 18.2. The van der Waals surface area contributed by atoms with E-state index in [0.717, 1.165) is 48.3 Å². The predicted molar refractivity (Wildman–Crippen MR) is 102 cm³/mol. The van der Waals surface area contributed by atoms with Gasteiger partial charge in [0.05, 0.1) is 5.69 Å². The molecule has 0 radical (unpaired) electrons. The lowest BCUT2D eigenvalue weighted by molar-refractivity contribution is 0.0927. The molecular formula is C20H26N4O2. The lowest BCUT2D eigenvalue weighted by atomic mass is 10.1. The fourth-order valence-corrected chi connectivity index (χ4v) is 3.29. The van der Waals surface area contributed by atoms with Crippen LogP contribution in [0.2, 0.25) is 0 Å². The molecular weight excluding hydrogens is 328 g/mol. The maximum atomic E-state index is 12.9. The van der Waals surface area contributed by atoms with E-state index in [1.165, 1.54) is 0 Å². The van der Waals surface area contributed by atoms with Crippen molar-refractivity contribution in [2.75, 3.05) is 5.32 Å². The highest BCUT2D eigenvalue weighted by atomic mass is 16.2. The molecule has 1 aliphatic heterocycles. The van der Waals surface area contributed by atoms with Crippen molar-refractivity contribution < 1.29 is 9.59 Å². The van der Waals surface area contributed by atoms with Gasteiger partial charge < -0.3 is 15.2 Å². The van der Waals surface area contributed by atoms with Crippen molar-refractivity contribution >= 4 is 17.5 Å². The fourth-order valence-electron chi connectivity index (χ4n) is 3.29. The number of hydrogen-bond acceptors (Lipinski definition) is 3. The van der Waals surface area contributed by atoms with Gasteiger partial charge in [0.1, 0.15) is 0 Å². The smallest absolute Gasteiger partial charge is 0.287 e. The second kappa shape index (κ2) is 7.32. The number of aryl methyl sites for hydroxylation is 1. The summed E-state index contributed by atoms with van der Waals surface area (Å²) in [5.74, 6) is -0.151. The number of hydrogen-bond donors (Lipinski definition) is 2. The van der Waals surface area contributed by atoms with Gasteiger partial charge in [-0.05, 0) is 64.2 Å². The summed E-state index contributed by atoms with van der Waals surface area (Å²) in [7, 11) is 0. The van der Waals surface area contributed by atoms with Crippen molar-refractivity contribution in [2.45, 2.75) is 59.5 Å². The van der Waals surface area contributed by atoms with Gasteiger partial charge in [0.25, 0.3) is 11.8 Å². The second-order valence-corrected chi connectivity index (χ2v) is 7.17. The zero-order chi connectivity index (χ0) is 18.8. The molecule has 1 aromatic carbocycles. The van der Waals surface area contributed by atoms with Crippen LogP contribution < -0.4 is 10.6 Å². The molecule has 2 aromatic rings. The Morgan fingerprint density at radius 1 is 1.15 bits per heavy atom. The molecule has 0 saturated heterocycles. The third-order valence-electron chi connectivity index (χ3n) is 4.81. The Labute approximate surface area is 154 Å². The van der Waals surface area contributed by atoms with Crippen LogP contribution in [0.25, 0.3) is 0 Å². The lowest BCUT2D eigenvalue weighted by Crippen LogP contribution is -2.33. The summed E-state index contributed by atoms with van der Waals surface area (Å²) in [5, 5.41) is 5.84. The van der Waals surface area contributed by atoms with Crippen LogP contribution in [0, 0.1) is 13.8 Å². The molecule has 2 heterocycles. The van der Waals surface area contributed by atoms with E-state index in [1.807, 2.05) is 50.5 Å². The van der Waals surface area contributed by atoms with E-state index in [1.54, 1.807) is 0 Å². The molecule has 2 N–H and O–H groups in total. The summed E-state index contributed by atoms with van der Waals surface area (Å²) in [5.41, 5.74) is 4.14. The average Bonchev–Trinajstić information content (AvgIpc) is 2.98. The highest BCUT2D eigenvalue weighted by molar-refractivity contribution is 6.05. The normalized spacial score (nSPS) is 13.4. The van der Waals surface area contributed by atoms with E-state index in [9.17, 15) is 9.59 Å². The fraction of sp³-hybridized carbons (Fsp3) is 0.450. The number of rotatable bonds is 4. The number of carbonyl (C=O) groups is 2. The Morgan fingerprint density at radius 2 is 1.92 bits per heavy atom. The molecule has 1 aromatic heterocycles. The number of nitrogens with zero attached hydrogens (tertiary/aromatic N) is 2. The van der Waals surface area contributed by atoms with E-state index >= 15 is 0 Å². The van der Waals surface area contributed by atoms with Crippen molar-refractivity contribution in [3.8, 4) is 0 Å². The molecule has 0 bridgehead atoms. The topological polar surface area (TPSA) is 76.0 Å². The predicted octanol–water partition coefficient (Wildman–Crippen LogP) is 3.23. The zero-order valence-corrected chi connectivity index (χ0v) is 15.8. The minimum Gasteiger partial charge on any atom is -0.347 e. The number of nitrogens with one attached hydrogen (secondary N) is 2. The van der Waals surface area contributed by atoms with Crippen LogP contribution in [0.15, 0.2) is 18.2 Å². The van der Waals surface area contributed by atoms with Crippen LogP contribution in [0.3, 0.4) is 0 Å². The molecule has 26 heavy (non-hydrogen) atoms. The number of aromatic nitrogens is 2. The number of amides is 2. The maximum Gasteiger partial charge on any atom is 0.287 e. The van der Waals surface area contributed by atoms with Gasteiger partial charge in [-0.25, -0.2) is 4.98 Å². The van der Waals surface area contributed by atoms with E-state index in [-0.39, 0.29) is 17.9 Å². The number of anilines is 1. The Hall–Kier alpha value is -2.63. The van der Waals surface area contributed by atoms with Gasteiger partial charge in [-0.15, -0.1) is 0 Å². The summed E-state index contributed by atoms with van der Waals surface area (Å²) in [6, 6.07) is 5.83. The number of benzene rings is 1. The summed E-state index contributed by atoms with van der Waals surface area (Å²) in [6.07, 6.45) is 2.75. The molecule has 0 aliphatic carbocycles. The van der Waals surface area contributed by atoms with Gasteiger partial charge in [0.2, 0.25) is 0 Å². The van der Waals surface area contributed by atoms with Gasteiger partial charge in [0, 0.05) is 18.3 Å². The molecule has 2 amide bonds. The Balaban J connectivity index is 1.94. The molecule has 0 fully saturated rings. The standard InChI is InChI=1S/C20H26N4O2/c1-12(2)21-20(26)18-23-17(16-10-5-6-11-24(16)18)19(25)22-15-9-7-8-13(3)14(15)4/h7-9,12H,5-6,10-11H2,1-4H3,(H,21,26)(H,22,25). The van der Waals surface area contributed by atoms with E-state index < -0.39 is 0 Å². The summed E-state index contributed by atoms with van der Waals surface area (Å²) in [6.45, 7) is 8.53. The third-order valence-corrected chi connectivity index (χ3v) is 4.81. The molecule has 0 saturated carbocycles. The minimum atomic E-state index is -0.257. The molecule has 6 heteroatoms. The van der Waals surface area contributed by atoms with E-state index in [0.29, 0.717) is 11.5 Å². The van der Waals surface area contributed by atoms with Crippen LogP contribution in [0.5, 0.6) is 0 Å². The summed E-state index contributed by atoms with van der Waals surface area (Å²) < 4.78 is 1.90. The Kier molecular flexibility index (Phi) is 5.11. The average molecular weight is 354 g/mol. The second-order valence-electron chi connectivity index (χ2n) is 7.17. The molecule has 1 aliphatic rings. The Bertz CT molecular complexity index is 852. The van der Waals surface area contributed by atoms with Gasteiger partial charge in [0.15, 0.2) is 11.5 Å². The van der Waals surface area contributed by atoms with Gasteiger partial charge in [-0.1, -0.05) is 12.1 Å². The number of fused-ring (bicyclic) bond motifs is 1. The molecule has 3 rings (SSSR count). The van der Waals surface area contributed by atoms with Crippen molar-refractivity contribution in [2.24, 2.45) is 0 Å². The Morgan fingerprint density at radius 3 is 2.65 bits per heavy atom. The van der Waals surface area contributed by atoms with Gasteiger partial charge >= 0.3 is 0 Å². The van der Waals surface area contributed by atoms with Gasteiger partial charge in [-0.2, -0.15) is 0 Å². The van der Waals surface area contributed by atoms with Gasteiger partial charge in [-0.3, -0.25) is 9.59 Å². The third kappa shape index (κ3) is 3.49. The van der Waals surface area contributed by atoms with Crippen molar-refractivity contribution in [3.05, 3.63) is 46.5 Å². The maximum absolute atomic E-state index is 12.9. The molecule has 0 atom stereocenters. The molecule has 0 unspecified atom stereocenters. The highest BCUT2D eigenvalue weighted by Crippen LogP contribution is 2.24. The first-order chi connectivity index (χ1) is 12.4. The highest BCUT2D eigenvalue weighted by Gasteiger charge is 2.27. The summed E-state index contributed by atoms with van der Waals surface area (Å²) in [4.78, 5) is 29.8. The van der Waals surface area contributed by atoms with E-state index in [4.69, 9.17) is 0 Å². The van der Waals surface area contributed by atoms with Crippen molar-refractivity contribution in [3.63, 3.8) is 0 Å². The monoisotopic (exact) mass is 354 g/mol. The molecule has 6 nitrogen and oxygen atoms in total.